The van der Waals surface area contributed by atoms with Gasteiger partial charge in [-0.2, -0.15) is 5.10 Å². The molecule has 1 saturated heterocycles. The average molecular weight is 328 g/mol. The summed E-state index contributed by atoms with van der Waals surface area (Å²) in [6.45, 7) is 1.32. The number of piperidine rings is 1. The van der Waals surface area contributed by atoms with E-state index in [1.165, 1.54) is 0 Å². The zero-order valence-corrected chi connectivity index (χ0v) is 13.5. The lowest BCUT2D eigenvalue weighted by atomic mass is 9.93. The number of carbonyl (C=O) groups excluding carboxylic acids is 2. The number of methoxy groups -OCH3 is 1. The molecule has 0 aliphatic carbocycles. The number of hydrogen-bond donors (Lipinski definition) is 2. The van der Waals surface area contributed by atoms with Crippen LogP contribution in [0.1, 0.15) is 45.3 Å². The van der Waals surface area contributed by atoms with Crippen molar-refractivity contribution in [1.29, 1.82) is 0 Å². The predicted molar refractivity (Wildman–Crippen MR) is 88.0 cm³/mol. The fourth-order valence-electron chi connectivity index (χ4n) is 3.00. The number of aromatic amines is 1. The van der Waals surface area contributed by atoms with Crippen LogP contribution in [0.15, 0.2) is 30.3 Å². The van der Waals surface area contributed by atoms with Crippen molar-refractivity contribution in [1.82, 2.24) is 15.1 Å². The van der Waals surface area contributed by atoms with E-state index in [9.17, 15) is 9.59 Å². The van der Waals surface area contributed by atoms with Crippen molar-refractivity contribution in [3.8, 4) is 5.75 Å². The second-order valence-corrected chi connectivity index (χ2v) is 5.87. The van der Waals surface area contributed by atoms with Crippen molar-refractivity contribution in [3.05, 3.63) is 47.3 Å². The lowest BCUT2D eigenvalue weighted by Gasteiger charge is -2.31. The van der Waals surface area contributed by atoms with Gasteiger partial charge < -0.3 is 15.4 Å². The Bertz CT molecular complexity index is 748. The van der Waals surface area contributed by atoms with Crippen molar-refractivity contribution in [2.45, 2.75) is 18.8 Å². The number of primary amides is 1. The molecule has 0 bridgehead atoms. The summed E-state index contributed by atoms with van der Waals surface area (Å²) in [6, 6.07) is 8.88. The van der Waals surface area contributed by atoms with Gasteiger partial charge in [-0.15, -0.1) is 0 Å². The van der Waals surface area contributed by atoms with Gasteiger partial charge in [0.05, 0.1) is 7.11 Å². The summed E-state index contributed by atoms with van der Waals surface area (Å²) in [4.78, 5) is 25.6. The summed E-state index contributed by atoms with van der Waals surface area (Å²) < 4.78 is 5.17. The highest BCUT2D eigenvalue weighted by atomic mass is 16.5. The Balaban J connectivity index is 1.63. The number of ether oxygens (including phenoxy) is 1. The van der Waals surface area contributed by atoms with Crippen molar-refractivity contribution >= 4 is 11.8 Å². The third-order valence-electron chi connectivity index (χ3n) is 4.39. The van der Waals surface area contributed by atoms with Crippen LogP contribution in [0, 0.1) is 0 Å². The van der Waals surface area contributed by atoms with Gasteiger partial charge in [0.15, 0.2) is 0 Å². The Morgan fingerprint density at radius 1 is 1.29 bits per heavy atom. The number of benzene rings is 1. The summed E-state index contributed by atoms with van der Waals surface area (Å²) in [5.74, 6) is 0.394. The molecule has 0 atom stereocenters. The normalized spacial score (nSPS) is 15.3. The standard InChI is InChI=1S/C17H20N4O3/c1-24-13-4-2-3-12(9-13)17(23)21-7-5-11(6-8-21)14-10-15(16(18)22)20-19-14/h2-4,9-11H,5-8H2,1H3,(H2,18,22)(H,19,20). The van der Waals surface area contributed by atoms with Crippen LogP contribution in [0.3, 0.4) is 0 Å². The predicted octanol–water partition coefficient (Wildman–Crippen LogP) is 1.54. The molecule has 1 aliphatic heterocycles. The fraction of sp³-hybridized carbons (Fsp3) is 0.353. The topological polar surface area (TPSA) is 101 Å². The highest BCUT2D eigenvalue weighted by Crippen LogP contribution is 2.28. The molecule has 1 aromatic heterocycles. The molecule has 126 valence electrons. The van der Waals surface area contributed by atoms with Crippen molar-refractivity contribution in [3.63, 3.8) is 0 Å². The van der Waals surface area contributed by atoms with Gasteiger partial charge in [0.25, 0.3) is 11.8 Å². The van der Waals surface area contributed by atoms with E-state index < -0.39 is 5.91 Å². The molecule has 0 radical (unpaired) electrons. The molecule has 0 spiro atoms. The minimum absolute atomic E-state index is 0.00906. The first-order chi connectivity index (χ1) is 11.6. The van der Waals surface area contributed by atoms with Crippen LogP contribution >= 0.6 is 0 Å². The maximum absolute atomic E-state index is 12.6. The second kappa shape index (κ2) is 6.74. The van der Waals surface area contributed by atoms with E-state index in [0.29, 0.717) is 24.4 Å². The molecule has 24 heavy (non-hydrogen) atoms. The van der Waals surface area contributed by atoms with E-state index in [4.69, 9.17) is 10.5 Å². The van der Waals surface area contributed by atoms with Gasteiger partial charge in [0.2, 0.25) is 0 Å². The Kier molecular flexibility index (Phi) is 4.50. The summed E-state index contributed by atoms with van der Waals surface area (Å²) in [6.07, 6.45) is 1.63. The SMILES string of the molecule is COc1cccc(C(=O)N2CCC(c3cc(C(N)=O)n[nH]3)CC2)c1. The van der Waals surface area contributed by atoms with Crippen LogP contribution in [0.25, 0.3) is 0 Å². The smallest absolute Gasteiger partial charge is 0.269 e. The fourth-order valence-corrected chi connectivity index (χ4v) is 3.00. The summed E-state index contributed by atoms with van der Waals surface area (Å²) >= 11 is 0. The van der Waals surface area contributed by atoms with Gasteiger partial charge in [-0.1, -0.05) is 6.07 Å². The third-order valence-corrected chi connectivity index (χ3v) is 4.39. The number of hydrogen-bond acceptors (Lipinski definition) is 4. The molecule has 1 aliphatic rings. The van der Waals surface area contributed by atoms with Crippen LogP contribution in [0.2, 0.25) is 0 Å². The number of amides is 2. The van der Waals surface area contributed by atoms with Crippen LogP contribution in [0.4, 0.5) is 0 Å². The highest BCUT2D eigenvalue weighted by Gasteiger charge is 2.26. The molecule has 0 unspecified atom stereocenters. The van der Waals surface area contributed by atoms with Crippen LogP contribution in [-0.4, -0.2) is 47.1 Å². The van der Waals surface area contributed by atoms with E-state index in [0.717, 1.165) is 18.5 Å². The van der Waals surface area contributed by atoms with Gasteiger partial charge in [0, 0.05) is 30.3 Å². The average Bonchev–Trinajstić information content (AvgIpc) is 3.12. The first-order valence-electron chi connectivity index (χ1n) is 7.87. The van der Waals surface area contributed by atoms with E-state index >= 15 is 0 Å². The summed E-state index contributed by atoms with van der Waals surface area (Å²) in [7, 11) is 1.58. The molecule has 7 nitrogen and oxygen atoms in total. The largest absolute Gasteiger partial charge is 0.497 e. The van der Waals surface area contributed by atoms with Crippen LogP contribution < -0.4 is 10.5 Å². The maximum Gasteiger partial charge on any atom is 0.269 e. The molecule has 2 amide bonds. The van der Waals surface area contributed by atoms with Crippen LogP contribution in [0.5, 0.6) is 5.75 Å². The quantitative estimate of drug-likeness (QED) is 0.888. The highest BCUT2D eigenvalue weighted by molar-refractivity contribution is 5.94. The van der Waals surface area contributed by atoms with Crippen molar-refractivity contribution in [2.24, 2.45) is 5.73 Å². The Morgan fingerprint density at radius 2 is 2.04 bits per heavy atom. The zero-order chi connectivity index (χ0) is 17.1. The molecule has 3 rings (SSSR count). The number of H-pyrrole nitrogens is 1. The lowest BCUT2D eigenvalue weighted by Crippen LogP contribution is -2.38. The van der Waals surface area contributed by atoms with Gasteiger partial charge in [-0.05, 0) is 37.1 Å². The van der Waals surface area contributed by atoms with E-state index in [1.807, 2.05) is 17.0 Å². The maximum atomic E-state index is 12.6. The second-order valence-electron chi connectivity index (χ2n) is 5.87. The molecular formula is C17H20N4O3. The first kappa shape index (κ1) is 16.0. The molecule has 3 N–H and O–H groups in total. The lowest BCUT2D eigenvalue weighted by molar-refractivity contribution is 0.0711. The van der Waals surface area contributed by atoms with Gasteiger partial charge in [-0.25, -0.2) is 0 Å². The molecule has 2 heterocycles. The number of carbonyl (C=O) groups is 2. The van der Waals surface area contributed by atoms with Gasteiger partial charge in [0.1, 0.15) is 11.4 Å². The summed E-state index contributed by atoms with van der Waals surface area (Å²) in [5.41, 5.74) is 7.00. The number of likely N-dealkylation sites (tertiary alicyclic amines) is 1. The Morgan fingerprint density at radius 3 is 2.67 bits per heavy atom. The Labute approximate surface area is 139 Å². The number of rotatable bonds is 4. The number of aromatic nitrogens is 2. The Hall–Kier alpha value is -2.83. The van der Waals surface area contributed by atoms with E-state index in [-0.39, 0.29) is 17.5 Å². The molecule has 1 aromatic carbocycles. The van der Waals surface area contributed by atoms with Crippen molar-refractivity contribution in [2.75, 3.05) is 20.2 Å². The summed E-state index contributed by atoms with van der Waals surface area (Å²) in [5, 5.41) is 6.79. The number of nitrogens with one attached hydrogen (secondary N) is 1. The molecular weight excluding hydrogens is 308 g/mol. The molecule has 2 aromatic rings. The van der Waals surface area contributed by atoms with Gasteiger partial charge in [-0.3, -0.25) is 14.7 Å². The molecule has 7 heteroatoms. The first-order valence-corrected chi connectivity index (χ1v) is 7.87. The third kappa shape index (κ3) is 3.24. The molecule has 0 saturated carbocycles. The molecule has 1 fully saturated rings. The number of nitrogens with two attached hydrogens (primary N) is 1. The zero-order valence-electron chi connectivity index (χ0n) is 13.5. The minimum atomic E-state index is -0.539. The van der Waals surface area contributed by atoms with E-state index in [2.05, 4.69) is 10.2 Å². The monoisotopic (exact) mass is 328 g/mol. The van der Waals surface area contributed by atoms with E-state index in [1.54, 1.807) is 25.3 Å². The van der Waals surface area contributed by atoms with Gasteiger partial charge >= 0.3 is 0 Å². The van der Waals surface area contributed by atoms with Crippen molar-refractivity contribution < 1.29 is 14.3 Å². The van der Waals surface area contributed by atoms with Crippen LogP contribution in [-0.2, 0) is 0 Å². The minimum Gasteiger partial charge on any atom is -0.497 e. The number of nitrogens with zero attached hydrogens (tertiary/aromatic N) is 2.